The number of aromatic nitrogens is 3. The Morgan fingerprint density at radius 1 is 0.952 bits per heavy atom. The molecule has 18 heteroatoms. The lowest BCUT2D eigenvalue weighted by Crippen LogP contribution is -2.56. The first-order valence-electron chi connectivity index (χ1n) is 20.4. The van der Waals surface area contributed by atoms with E-state index in [0.717, 1.165) is 6.07 Å². The molecule has 0 spiro atoms. The molecule has 4 amide bonds. The number of hydrogen-bond acceptors (Lipinski definition) is 9. The monoisotopic (exact) mass is 880 g/mol. The van der Waals surface area contributed by atoms with Gasteiger partial charge in [-0.15, -0.1) is 13.2 Å². The highest BCUT2D eigenvalue weighted by atomic mass is 35.5. The number of amides is 4. The van der Waals surface area contributed by atoms with E-state index in [1.165, 1.54) is 25.4 Å². The van der Waals surface area contributed by atoms with Crippen LogP contribution in [0.25, 0.3) is 22.4 Å². The molecule has 4 aromatic rings. The summed E-state index contributed by atoms with van der Waals surface area (Å²) in [7, 11) is 1.23. The number of alkyl halides is 3. The number of H-pyrrole nitrogens is 1. The van der Waals surface area contributed by atoms with Crippen molar-refractivity contribution in [2.75, 3.05) is 43.5 Å². The Morgan fingerprint density at radius 2 is 1.65 bits per heavy atom. The number of carbonyl (C=O) groups is 4. The Balaban J connectivity index is 1.17. The van der Waals surface area contributed by atoms with E-state index in [1.54, 1.807) is 41.3 Å². The fourth-order valence-corrected chi connectivity index (χ4v) is 8.10. The Hall–Kier alpha value is -5.84. The number of nitrogens with zero attached hydrogens (tertiary/aromatic N) is 5. The van der Waals surface area contributed by atoms with Gasteiger partial charge in [0.15, 0.2) is 0 Å². The van der Waals surface area contributed by atoms with Crippen LogP contribution >= 0.6 is 11.6 Å². The molecule has 2 aliphatic heterocycles. The first kappa shape index (κ1) is 45.7. The third-order valence-corrected chi connectivity index (χ3v) is 11.2. The molecule has 3 N–H and O–H groups in total. The second kappa shape index (κ2) is 18.2. The van der Waals surface area contributed by atoms with E-state index in [-0.39, 0.29) is 46.0 Å². The van der Waals surface area contributed by atoms with Gasteiger partial charge in [0.1, 0.15) is 34.3 Å². The van der Waals surface area contributed by atoms with Gasteiger partial charge in [-0.2, -0.15) is 0 Å². The molecule has 0 radical (unpaired) electrons. The minimum Gasteiger partial charge on any atom is -0.453 e. The van der Waals surface area contributed by atoms with Crippen molar-refractivity contribution in [3.63, 3.8) is 0 Å². The summed E-state index contributed by atoms with van der Waals surface area (Å²) in [6.45, 7) is 15.5. The normalized spacial score (nSPS) is 18.7. The van der Waals surface area contributed by atoms with Gasteiger partial charge in [-0.1, -0.05) is 77.4 Å². The Morgan fingerprint density at radius 3 is 2.24 bits per heavy atom. The van der Waals surface area contributed by atoms with Gasteiger partial charge in [0.25, 0.3) is 5.91 Å². The zero-order valence-electron chi connectivity index (χ0n) is 35.9. The van der Waals surface area contributed by atoms with Gasteiger partial charge in [0, 0.05) is 54.3 Å². The average Bonchev–Trinajstić information content (AvgIpc) is 3.80. The minimum atomic E-state index is -5.05. The van der Waals surface area contributed by atoms with Crippen LogP contribution in [0.5, 0.6) is 5.75 Å². The number of nitrogens with one attached hydrogen (secondary N) is 3. The summed E-state index contributed by atoms with van der Waals surface area (Å²) in [5, 5.41) is 5.53. The molecular formula is C44H52ClF3N8O6. The van der Waals surface area contributed by atoms with E-state index < -0.39 is 41.6 Å². The van der Waals surface area contributed by atoms with Gasteiger partial charge >= 0.3 is 12.5 Å². The van der Waals surface area contributed by atoms with Crippen molar-refractivity contribution in [3.05, 3.63) is 77.3 Å². The maximum absolute atomic E-state index is 13.7. The summed E-state index contributed by atoms with van der Waals surface area (Å²) in [4.78, 5) is 69.9. The third kappa shape index (κ3) is 10.4. The molecule has 2 aliphatic rings. The Bertz CT molecular complexity index is 2280. The number of anilines is 2. The fraction of sp³-hybridized carbons (Fsp3) is 0.455. The van der Waals surface area contributed by atoms with Crippen LogP contribution in [0, 0.1) is 17.3 Å². The molecular weight excluding hydrogens is 829 g/mol. The standard InChI is InChI=1S/C44H52ClF3N8O6/c1-24(2)35(52-42(60)61-8)40(58)56-22-25(3)19-32(56)38-51-36(37(45)53-38)28-11-9-27(10-12-28)31-15-13-29(20-33(31)62-44(46,47)48)39(57)50-30-14-16-34(49-21-30)55-18-17-54(23-26(55)4)41(59)43(5,6)7/h9-16,20-21,24-26,32,35H,17-19,22-23H2,1-8H3,(H,50,57)(H,51,53)(H,52,60)/t25-,26+,32-,35-/m0/s1. The molecule has 2 aromatic carbocycles. The lowest BCUT2D eigenvalue weighted by atomic mass is 9.94. The van der Waals surface area contributed by atoms with E-state index in [4.69, 9.17) is 21.3 Å². The van der Waals surface area contributed by atoms with Crippen LogP contribution in [0.1, 0.15) is 77.1 Å². The van der Waals surface area contributed by atoms with Gasteiger partial charge in [0.05, 0.1) is 25.0 Å². The molecule has 332 valence electrons. The summed E-state index contributed by atoms with van der Waals surface area (Å²) in [6.07, 6.45) is -3.70. The number of hydrogen-bond donors (Lipinski definition) is 3. The van der Waals surface area contributed by atoms with Crippen molar-refractivity contribution in [2.24, 2.45) is 17.3 Å². The molecule has 0 saturated carbocycles. The number of piperazine rings is 1. The smallest absolute Gasteiger partial charge is 0.453 e. The number of halogens is 4. The molecule has 0 unspecified atom stereocenters. The van der Waals surface area contributed by atoms with E-state index in [2.05, 4.69) is 30.2 Å². The first-order chi connectivity index (χ1) is 29.1. The molecule has 2 fully saturated rings. The van der Waals surface area contributed by atoms with E-state index >= 15 is 0 Å². The molecule has 4 heterocycles. The molecule has 14 nitrogen and oxygen atoms in total. The van der Waals surface area contributed by atoms with Crippen molar-refractivity contribution < 1.29 is 41.8 Å². The van der Waals surface area contributed by atoms with Crippen molar-refractivity contribution in [1.82, 2.24) is 30.1 Å². The topological polar surface area (TPSA) is 162 Å². The van der Waals surface area contributed by atoms with Crippen LogP contribution in [0.15, 0.2) is 60.8 Å². The maximum Gasteiger partial charge on any atom is 0.573 e. The molecule has 0 bridgehead atoms. The summed E-state index contributed by atoms with van der Waals surface area (Å²) in [6, 6.07) is 12.4. The minimum absolute atomic E-state index is 0.000728. The summed E-state index contributed by atoms with van der Waals surface area (Å²) in [5.41, 5.74) is 1.15. The van der Waals surface area contributed by atoms with Crippen LogP contribution < -0.4 is 20.3 Å². The third-order valence-electron chi connectivity index (χ3n) is 11.0. The molecule has 2 saturated heterocycles. The van der Waals surface area contributed by atoms with Crippen LogP contribution in [0.3, 0.4) is 0 Å². The maximum atomic E-state index is 13.7. The molecule has 0 aliphatic carbocycles. The zero-order valence-corrected chi connectivity index (χ0v) is 36.6. The SMILES string of the molecule is COC(=O)N[C@H](C(=O)N1C[C@@H](C)C[C@H]1c1nc(-c2ccc(-c3ccc(C(=O)Nc4ccc(N5CCN(C(=O)C(C)(C)C)C[C@H]5C)nc4)cc3OC(F)(F)F)cc2)c(Cl)[nH]1)C(C)C. The highest BCUT2D eigenvalue weighted by molar-refractivity contribution is 6.32. The van der Waals surface area contributed by atoms with Gasteiger partial charge < -0.3 is 39.8 Å². The number of benzene rings is 2. The van der Waals surface area contributed by atoms with Crippen LogP contribution in [0.4, 0.5) is 29.5 Å². The van der Waals surface area contributed by atoms with Crippen molar-refractivity contribution >= 4 is 46.9 Å². The quantitative estimate of drug-likeness (QED) is 0.142. The number of pyridine rings is 1. The number of likely N-dealkylation sites (tertiary alicyclic amines) is 1. The largest absolute Gasteiger partial charge is 0.573 e. The van der Waals surface area contributed by atoms with Crippen molar-refractivity contribution in [3.8, 4) is 28.1 Å². The van der Waals surface area contributed by atoms with Gasteiger partial charge in [-0.05, 0) is 61.1 Å². The molecule has 2 aromatic heterocycles. The average molecular weight is 881 g/mol. The lowest BCUT2D eigenvalue weighted by molar-refractivity contribution is -0.274. The number of methoxy groups -OCH3 is 1. The van der Waals surface area contributed by atoms with Crippen LogP contribution in [0.2, 0.25) is 5.15 Å². The van der Waals surface area contributed by atoms with Gasteiger partial charge in [0.2, 0.25) is 11.8 Å². The summed E-state index contributed by atoms with van der Waals surface area (Å²) in [5.74, 6) is -0.419. The predicted molar refractivity (Wildman–Crippen MR) is 229 cm³/mol. The Labute approximate surface area is 363 Å². The van der Waals surface area contributed by atoms with E-state index in [0.29, 0.717) is 66.8 Å². The molecule has 4 atom stereocenters. The van der Waals surface area contributed by atoms with Crippen LogP contribution in [-0.4, -0.2) is 100 Å². The number of ether oxygens (including phenoxy) is 2. The highest BCUT2D eigenvalue weighted by Gasteiger charge is 2.41. The molecule has 62 heavy (non-hydrogen) atoms. The number of aromatic amines is 1. The predicted octanol–water partition coefficient (Wildman–Crippen LogP) is 8.32. The van der Waals surface area contributed by atoms with E-state index in [1.807, 2.05) is 53.4 Å². The van der Waals surface area contributed by atoms with Crippen molar-refractivity contribution in [2.45, 2.75) is 79.4 Å². The highest BCUT2D eigenvalue weighted by Crippen LogP contribution is 2.40. The zero-order chi connectivity index (χ0) is 45.3. The number of alkyl carbamates (subject to hydrolysis) is 1. The number of rotatable bonds is 10. The fourth-order valence-electron chi connectivity index (χ4n) is 7.85. The first-order valence-corrected chi connectivity index (χ1v) is 20.8. The summed E-state index contributed by atoms with van der Waals surface area (Å²) < 4.78 is 50.4. The Kier molecular flexibility index (Phi) is 13.4. The van der Waals surface area contributed by atoms with Gasteiger partial charge in [-0.25, -0.2) is 14.8 Å². The lowest BCUT2D eigenvalue weighted by Gasteiger charge is -2.42. The number of carbonyl (C=O) groups excluding carboxylic acids is 4. The second-order valence-corrected chi connectivity index (χ2v) is 17.6. The molecule has 6 rings (SSSR count). The van der Waals surface area contributed by atoms with Gasteiger partial charge in [-0.3, -0.25) is 14.4 Å². The van der Waals surface area contributed by atoms with Crippen LogP contribution in [-0.2, 0) is 14.3 Å². The summed E-state index contributed by atoms with van der Waals surface area (Å²) >= 11 is 6.66. The second-order valence-electron chi connectivity index (χ2n) is 17.2. The van der Waals surface area contributed by atoms with E-state index in [9.17, 15) is 32.3 Å². The number of imidazole rings is 1. The van der Waals surface area contributed by atoms with Crippen molar-refractivity contribution in [1.29, 1.82) is 0 Å².